The molecule has 0 fully saturated rings. The smallest absolute Gasteiger partial charge is 0.316 e. The first-order valence-electron chi connectivity index (χ1n) is 11.4. The highest BCUT2D eigenvalue weighted by Gasteiger charge is 2.20. The molecular weight excluding hydrogens is 408 g/mol. The van der Waals surface area contributed by atoms with E-state index in [9.17, 15) is 14.7 Å². The molecule has 3 rings (SSSR count). The summed E-state index contributed by atoms with van der Waals surface area (Å²) in [5.74, 6) is -0.313. The molecule has 0 unspecified atom stereocenters. The molecule has 32 heavy (non-hydrogen) atoms. The predicted molar refractivity (Wildman–Crippen MR) is 122 cm³/mol. The van der Waals surface area contributed by atoms with Gasteiger partial charge in [-0.3, -0.25) is 14.6 Å². The third kappa shape index (κ3) is 7.28. The van der Waals surface area contributed by atoms with E-state index >= 15 is 0 Å². The van der Waals surface area contributed by atoms with Crippen molar-refractivity contribution in [1.29, 1.82) is 0 Å². The van der Waals surface area contributed by atoms with E-state index in [1.54, 1.807) is 12.4 Å². The highest BCUT2D eigenvalue weighted by Crippen LogP contribution is 2.25. The number of nitrogens with zero attached hydrogens (tertiary/aromatic N) is 3. The number of hydrogen-bond acceptors (Lipinski definition) is 7. The fraction of sp³-hybridized carbons (Fsp3) is 0.542. The number of hydrogen-bond donors (Lipinski definition) is 2. The van der Waals surface area contributed by atoms with Crippen molar-refractivity contribution < 1.29 is 19.4 Å². The number of carboxylic acid groups (broad SMARTS) is 1. The molecule has 0 bridgehead atoms. The number of ether oxygens (including phenoxy) is 1. The minimum Gasteiger partial charge on any atom is -0.481 e. The van der Waals surface area contributed by atoms with E-state index < -0.39 is 11.9 Å². The molecule has 0 saturated heterocycles. The number of rotatable bonds is 12. The summed E-state index contributed by atoms with van der Waals surface area (Å²) in [7, 11) is 0. The quantitative estimate of drug-likeness (QED) is 0.473. The molecule has 3 heterocycles. The number of fused-ring (bicyclic) bond motifs is 1. The number of ketones is 1. The Morgan fingerprint density at radius 3 is 2.72 bits per heavy atom. The molecule has 0 amide bonds. The maximum absolute atomic E-state index is 12.5. The number of aliphatic carboxylic acids is 1. The molecule has 2 aliphatic heterocycles. The lowest BCUT2D eigenvalue weighted by Gasteiger charge is -2.18. The number of amidine groups is 1. The van der Waals surface area contributed by atoms with Gasteiger partial charge in [0.2, 0.25) is 0 Å². The van der Waals surface area contributed by atoms with Crippen LogP contribution in [0.15, 0.2) is 40.8 Å². The van der Waals surface area contributed by atoms with Crippen molar-refractivity contribution in [2.45, 2.75) is 70.6 Å². The topological polar surface area (TPSA) is 114 Å². The van der Waals surface area contributed by atoms with Gasteiger partial charge < -0.3 is 15.2 Å². The third-order valence-electron chi connectivity index (χ3n) is 5.63. The molecular formula is C24H32N4O4. The molecule has 0 spiro atoms. The highest BCUT2D eigenvalue weighted by molar-refractivity contribution is 6.00. The van der Waals surface area contributed by atoms with Gasteiger partial charge in [0.15, 0.2) is 0 Å². The molecule has 0 saturated carbocycles. The van der Waals surface area contributed by atoms with Crippen LogP contribution in [0.3, 0.4) is 0 Å². The van der Waals surface area contributed by atoms with Gasteiger partial charge in [0.1, 0.15) is 11.6 Å². The van der Waals surface area contributed by atoms with E-state index in [1.807, 2.05) is 6.92 Å². The summed E-state index contributed by atoms with van der Waals surface area (Å²) in [5.41, 5.74) is 3.06. The van der Waals surface area contributed by atoms with Crippen LogP contribution in [0, 0.1) is 0 Å². The van der Waals surface area contributed by atoms with Gasteiger partial charge in [0.05, 0.1) is 13.0 Å². The summed E-state index contributed by atoms with van der Waals surface area (Å²) in [4.78, 5) is 36.7. The highest BCUT2D eigenvalue weighted by atomic mass is 16.5. The molecule has 8 nitrogen and oxygen atoms in total. The predicted octanol–water partition coefficient (Wildman–Crippen LogP) is 3.95. The fourth-order valence-corrected chi connectivity index (χ4v) is 3.93. The Bertz CT molecular complexity index is 890. The summed E-state index contributed by atoms with van der Waals surface area (Å²) in [6, 6.07) is 0.249. The molecule has 0 radical (unpaired) electrons. The maximum atomic E-state index is 12.5. The van der Waals surface area contributed by atoms with Gasteiger partial charge in [0, 0.05) is 43.4 Å². The average molecular weight is 441 g/mol. The van der Waals surface area contributed by atoms with Crippen molar-refractivity contribution in [3.8, 4) is 6.01 Å². The van der Waals surface area contributed by atoms with E-state index in [1.165, 1.54) is 12.0 Å². The van der Waals surface area contributed by atoms with Crippen LogP contribution >= 0.6 is 0 Å². The summed E-state index contributed by atoms with van der Waals surface area (Å²) >= 11 is 0. The molecule has 1 aromatic heterocycles. The zero-order valence-corrected chi connectivity index (χ0v) is 18.7. The van der Waals surface area contributed by atoms with E-state index in [-0.39, 0.29) is 24.6 Å². The fourth-order valence-electron chi connectivity index (χ4n) is 3.93. The summed E-state index contributed by atoms with van der Waals surface area (Å²) < 4.78 is 5.23. The van der Waals surface area contributed by atoms with Crippen molar-refractivity contribution in [2.75, 3.05) is 13.2 Å². The Labute approximate surface area is 188 Å². The number of unbranched alkanes of at least 4 members (excludes halogenated alkanes) is 1. The van der Waals surface area contributed by atoms with Crippen molar-refractivity contribution >= 4 is 17.6 Å². The number of allylic oxidation sites excluding steroid dienone is 3. The van der Waals surface area contributed by atoms with Crippen molar-refractivity contribution in [1.82, 2.24) is 15.3 Å². The van der Waals surface area contributed by atoms with E-state index in [2.05, 4.69) is 32.4 Å². The van der Waals surface area contributed by atoms with Crippen LogP contribution < -0.4 is 10.1 Å². The number of carbonyl (C=O) groups is 2. The first-order chi connectivity index (χ1) is 15.5. The van der Waals surface area contributed by atoms with Crippen LogP contribution in [0.25, 0.3) is 0 Å². The Balaban J connectivity index is 1.46. The SMILES string of the molecule is CCOc1ncc([C@H](CC(=O)O)CC(=O)CCCCC2=CC=C3CCCCN=C3N2)cn1. The minimum absolute atomic E-state index is 0.0612. The van der Waals surface area contributed by atoms with Crippen LogP contribution in [0.4, 0.5) is 0 Å². The molecule has 1 atom stereocenters. The molecule has 172 valence electrons. The van der Waals surface area contributed by atoms with Crippen LogP contribution in [0.1, 0.15) is 76.2 Å². The van der Waals surface area contributed by atoms with Gasteiger partial charge >= 0.3 is 12.0 Å². The molecule has 1 aromatic rings. The molecule has 8 heteroatoms. The monoisotopic (exact) mass is 440 g/mol. The second-order valence-electron chi connectivity index (χ2n) is 8.17. The number of nitrogens with one attached hydrogen (secondary N) is 1. The first kappa shape index (κ1) is 23.6. The van der Waals surface area contributed by atoms with Gasteiger partial charge in [-0.05, 0) is 62.7 Å². The largest absolute Gasteiger partial charge is 0.481 e. The van der Waals surface area contributed by atoms with Gasteiger partial charge in [-0.25, -0.2) is 9.97 Å². The normalized spacial score (nSPS) is 16.5. The molecule has 0 aromatic carbocycles. The number of Topliss-reactive ketones (excluding diaryl/α,β-unsaturated/α-hetero) is 1. The van der Waals surface area contributed by atoms with E-state index in [0.29, 0.717) is 18.6 Å². The standard InChI is InChI=1S/C24H32N4O4/c1-2-32-24-26-15-19(16-27-24)18(14-22(30)31)13-21(29)9-4-3-8-20-11-10-17-7-5-6-12-25-23(17)28-20/h10-11,15-16,18H,2-9,12-14H2,1H3,(H,25,28)(H,30,31)/t18-/m0/s1. The van der Waals surface area contributed by atoms with E-state index in [4.69, 9.17) is 4.74 Å². The zero-order valence-electron chi connectivity index (χ0n) is 18.7. The van der Waals surface area contributed by atoms with Gasteiger partial charge in [-0.1, -0.05) is 6.08 Å². The lowest BCUT2D eigenvalue weighted by atomic mass is 9.91. The van der Waals surface area contributed by atoms with E-state index in [0.717, 1.165) is 50.2 Å². The lowest BCUT2D eigenvalue weighted by Crippen LogP contribution is -2.27. The number of dihydropyridines is 1. The second-order valence-corrected chi connectivity index (χ2v) is 8.17. The Hall–Kier alpha value is -3.03. The lowest BCUT2D eigenvalue weighted by molar-refractivity contribution is -0.137. The Kier molecular flexibility index (Phi) is 8.95. The zero-order chi connectivity index (χ0) is 22.8. The van der Waals surface area contributed by atoms with Crippen molar-refractivity contribution in [3.63, 3.8) is 0 Å². The van der Waals surface area contributed by atoms with Crippen LogP contribution in [-0.4, -0.2) is 45.8 Å². The summed E-state index contributed by atoms with van der Waals surface area (Å²) in [6.45, 7) is 3.16. The van der Waals surface area contributed by atoms with Crippen LogP contribution in [0.5, 0.6) is 6.01 Å². The maximum Gasteiger partial charge on any atom is 0.316 e. The third-order valence-corrected chi connectivity index (χ3v) is 5.63. The van der Waals surface area contributed by atoms with Gasteiger partial charge in [0.25, 0.3) is 0 Å². The Morgan fingerprint density at radius 2 is 1.97 bits per heavy atom. The number of aromatic nitrogens is 2. The average Bonchev–Trinajstić information content (AvgIpc) is 3.02. The van der Waals surface area contributed by atoms with Gasteiger partial charge in [-0.2, -0.15) is 0 Å². The Morgan fingerprint density at radius 1 is 1.16 bits per heavy atom. The number of carbonyl (C=O) groups excluding carboxylic acids is 1. The second kappa shape index (κ2) is 12.1. The number of aliphatic imine (C=N–C) groups is 1. The number of carboxylic acids is 1. The molecule has 2 aliphatic rings. The van der Waals surface area contributed by atoms with Crippen LogP contribution in [0.2, 0.25) is 0 Å². The molecule has 0 aliphatic carbocycles. The van der Waals surface area contributed by atoms with Gasteiger partial charge in [-0.15, -0.1) is 0 Å². The first-order valence-corrected chi connectivity index (χ1v) is 11.4. The van der Waals surface area contributed by atoms with Crippen molar-refractivity contribution in [3.05, 3.63) is 41.4 Å². The van der Waals surface area contributed by atoms with Crippen molar-refractivity contribution in [2.24, 2.45) is 4.99 Å². The summed E-state index contributed by atoms with van der Waals surface area (Å²) in [5, 5.41) is 12.7. The van der Waals surface area contributed by atoms with Crippen LogP contribution in [-0.2, 0) is 9.59 Å². The molecule has 2 N–H and O–H groups in total. The minimum atomic E-state index is -0.944. The summed E-state index contributed by atoms with van der Waals surface area (Å²) in [6.07, 6.45) is 13.8.